The summed E-state index contributed by atoms with van der Waals surface area (Å²) in [6, 6.07) is 11.3. The van der Waals surface area contributed by atoms with Crippen molar-refractivity contribution in [2.75, 3.05) is 19.6 Å². The minimum Gasteiger partial charge on any atom is -0.310 e. The van der Waals surface area contributed by atoms with E-state index >= 15 is 0 Å². The summed E-state index contributed by atoms with van der Waals surface area (Å²) in [5, 5.41) is 3.67. The van der Waals surface area contributed by atoms with Gasteiger partial charge < -0.3 is 5.32 Å². The van der Waals surface area contributed by atoms with E-state index in [0.717, 1.165) is 19.6 Å². The van der Waals surface area contributed by atoms with E-state index in [1.165, 1.54) is 17.6 Å². The maximum atomic E-state index is 3.67. The Morgan fingerprint density at radius 3 is 2.50 bits per heavy atom. The van der Waals surface area contributed by atoms with Crippen molar-refractivity contribution in [1.82, 2.24) is 10.2 Å². The molecule has 110 valence electrons. The van der Waals surface area contributed by atoms with Gasteiger partial charge >= 0.3 is 0 Å². The normalized spacial score (nSPS) is 18.7. The van der Waals surface area contributed by atoms with Crippen molar-refractivity contribution < 1.29 is 0 Å². The standard InChI is InChI=1S/C18H28N2/c1-15-9-8-12-20(14-15)17(13-19-18(2,3)4)16-10-6-5-7-11-16/h5-7,9-11,17,19H,8,12-14H2,1-4H3. The second-order valence-corrected chi connectivity index (χ2v) is 6.87. The molecule has 1 heterocycles. The second-order valence-electron chi connectivity index (χ2n) is 6.87. The Morgan fingerprint density at radius 1 is 1.20 bits per heavy atom. The lowest BCUT2D eigenvalue weighted by Crippen LogP contribution is -2.44. The molecule has 0 amide bonds. The van der Waals surface area contributed by atoms with Crippen LogP contribution in [0.2, 0.25) is 0 Å². The summed E-state index contributed by atoms with van der Waals surface area (Å²) >= 11 is 0. The van der Waals surface area contributed by atoms with Crippen molar-refractivity contribution in [3.63, 3.8) is 0 Å². The maximum Gasteiger partial charge on any atom is 0.0476 e. The fourth-order valence-corrected chi connectivity index (χ4v) is 2.74. The molecule has 0 aliphatic carbocycles. The number of hydrogen-bond acceptors (Lipinski definition) is 2. The number of nitrogens with one attached hydrogen (secondary N) is 1. The van der Waals surface area contributed by atoms with Gasteiger partial charge in [-0.05, 0) is 39.7 Å². The zero-order valence-corrected chi connectivity index (χ0v) is 13.3. The van der Waals surface area contributed by atoms with Crippen LogP contribution in [0.25, 0.3) is 0 Å². The summed E-state index contributed by atoms with van der Waals surface area (Å²) in [7, 11) is 0. The SMILES string of the molecule is CC1=CCCN(C(CNC(C)(C)C)c2ccccc2)C1. The van der Waals surface area contributed by atoms with Gasteiger partial charge in [0.25, 0.3) is 0 Å². The summed E-state index contributed by atoms with van der Waals surface area (Å²) in [6.45, 7) is 12.2. The minimum absolute atomic E-state index is 0.160. The third-order valence-corrected chi connectivity index (χ3v) is 3.81. The molecule has 0 bridgehead atoms. The van der Waals surface area contributed by atoms with Crippen molar-refractivity contribution in [1.29, 1.82) is 0 Å². The fraction of sp³-hybridized carbons (Fsp3) is 0.556. The smallest absolute Gasteiger partial charge is 0.0476 e. The lowest BCUT2D eigenvalue weighted by molar-refractivity contribution is 0.193. The van der Waals surface area contributed by atoms with E-state index in [1.807, 2.05) is 0 Å². The zero-order valence-electron chi connectivity index (χ0n) is 13.3. The molecule has 0 aromatic heterocycles. The lowest BCUT2D eigenvalue weighted by Gasteiger charge is -2.36. The first-order chi connectivity index (χ1) is 9.46. The van der Waals surface area contributed by atoms with Gasteiger partial charge in [-0.25, -0.2) is 0 Å². The first-order valence-electron chi connectivity index (χ1n) is 7.65. The molecule has 2 rings (SSSR count). The minimum atomic E-state index is 0.160. The third-order valence-electron chi connectivity index (χ3n) is 3.81. The molecular weight excluding hydrogens is 244 g/mol. The molecule has 1 N–H and O–H groups in total. The summed E-state index contributed by atoms with van der Waals surface area (Å²) in [5.41, 5.74) is 3.07. The van der Waals surface area contributed by atoms with Crippen LogP contribution in [-0.4, -0.2) is 30.1 Å². The molecule has 0 saturated heterocycles. The largest absolute Gasteiger partial charge is 0.310 e. The average molecular weight is 272 g/mol. The molecule has 0 spiro atoms. The van der Waals surface area contributed by atoms with E-state index in [1.54, 1.807) is 0 Å². The van der Waals surface area contributed by atoms with Crippen LogP contribution < -0.4 is 5.32 Å². The van der Waals surface area contributed by atoms with E-state index < -0.39 is 0 Å². The van der Waals surface area contributed by atoms with Crippen LogP contribution >= 0.6 is 0 Å². The number of benzene rings is 1. The Balaban J connectivity index is 2.14. The molecule has 1 aliphatic heterocycles. The monoisotopic (exact) mass is 272 g/mol. The van der Waals surface area contributed by atoms with Crippen LogP contribution in [0.4, 0.5) is 0 Å². The van der Waals surface area contributed by atoms with Crippen molar-refractivity contribution in [2.45, 2.75) is 45.7 Å². The highest BCUT2D eigenvalue weighted by atomic mass is 15.2. The molecule has 2 nitrogen and oxygen atoms in total. The van der Waals surface area contributed by atoms with Gasteiger partial charge in [0, 0.05) is 31.2 Å². The molecule has 0 radical (unpaired) electrons. The van der Waals surface area contributed by atoms with Crippen LogP contribution in [-0.2, 0) is 0 Å². The Morgan fingerprint density at radius 2 is 1.90 bits per heavy atom. The molecule has 1 aliphatic rings. The lowest BCUT2D eigenvalue weighted by atomic mass is 10.00. The van der Waals surface area contributed by atoms with E-state index in [4.69, 9.17) is 0 Å². The van der Waals surface area contributed by atoms with Gasteiger partial charge in [-0.15, -0.1) is 0 Å². The summed E-state index contributed by atoms with van der Waals surface area (Å²) < 4.78 is 0. The second kappa shape index (κ2) is 6.55. The first kappa shape index (κ1) is 15.3. The highest BCUT2D eigenvalue weighted by Gasteiger charge is 2.23. The molecule has 2 heteroatoms. The van der Waals surface area contributed by atoms with E-state index in [9.17, 15) is 0 Å². The van der Waals surface area contributed by atoms with E-state index in [0.29, 0.717) is 6.04 Å². The number of nitrogens with zero attached hydrogens (tertiary/aromatic N) is 1. The third kappa shape index (κ3) is 4.46. The molecule has 1 unspecified atom stereocenters. The van der Waals surface area contributed by atoms with Crippen LogP contribution in [0.1, 0.15) is 45.7 Å². The van der Waals surface area contributed by atoms with Crippen LogP contribution in [0.5, 0.6) is 0 Å². The zero-order chi connectivity index (χ0) is 14.6. The van der Waals surface area contributed by atoms with Gasteiger partial charge in [0.1, 0.15) is 0 Å². The van der Waals surface area contributed by atoms with Crippen LogP contribution in [0.3, 0.4) is 0 Å². The quantitative estimate of drug-likeness (QED) is 0.839. The van der Waals surface area contributed by atoms with E-state index in [-0.39, 0.29) is 5.54 Å². The Kier molecular flexibility index (Phi) is 5.00. The fourth-order valence-electron chi connectivity index (χ4n) is 2.74. The van der Waals surface area contributed by atoms with E-state index in [2.05, 4.69) is 74.3 Å². The highest BCUT2D eigenvalue weighted by molar-refractivity contribution is 5.21. The van der Waals surface area contributed by atoms with Gasteiger partial charge in [0.05, 0.1) is 0 Å². The predicted octanol–water partition coefficient (Wildman–Crippen LogP) is 3.77. The molecular formula is C18H28N2. The van der Waals surface area contributed by atoms with Gasteiger partial charge in [-0.3, -0.25) is 4.90 Å². The number of hydrogen-bond donors (Lipinski definition) is 1. The molecule has 0 fully saturated rings. The van der Waals surface area contributed by atoms with Gasteiger partial charge in [0.2, 0.25) is 0 Å². The van der Waals surface area contributed by atoms with Gasteiger partial charge in [0.15, 0.2) is 0 Å². The predicted molar refractivity (Wildman–Crippen MR) is 86.9 cm³/mol. The van der Waals surface area contributed by atoms with Crippen molar-refractivity contribution >= 4 is 0 Å². The summed E-state index contributed by atoms with van der Waals surface area (Å²) in [6.07, 6.45) is 3.54. The van der Waals surface area contributed by atoms with Crippen molar-refractivity contribution in [3.05, 3.63) is 47.5 Å². The summed E-state index contributed by atoms with van der Waals surface area (Å²) in [5.74, 6) is 0. The Labute approximate surface area is 123 Å². The van der Waals surface area contributed by atoms with Crippen molar-refractivity contribution in [3.8, 4) is 0 Å². The summed E-state index contributed by atoms with van der Waals surface area (Å²) in [4.78, 5) is 2.60. The highest BCUT2D eigenvalue weighted by Crippen LogP contribution is 2.24. The Bertz CT molecular complexity index is 442. The Hall–Kier alpha value is -1.12. The topological polar surface area (TPSA) is 15.3 Å². The maximum absolute atomic E-state index is 3.67. The number of rotatable bonds is 4. The molecule has 20 heavy (non-hydrogen) atoms. The van der Waals surface area contributed by atoms with Gasteiger partial charge in [-0.2, -0.15) is 0 Å². The molecule has 0 saturated carbocycles. The average Bonchev–Trinajstić information content (AvgIpc) is 2.39. The first-order valence-corrected chi connectivity index (χ1v) is 7.65. The van der Waals surface area contributed by atoms with Gasteiger partial charge in [-0.1, -0.05) is 42.0 Å². The molecule has 1 aromatic rings. The van der Waals surface area contributed by atoms with Crippen LogP contribution in [0, 0.1) is 0 Å². The van der Waals surface area contributed by atoms with Crippen molar-refractivity contribution in [2.24, 2.45) is 0 Å². The molecule has 1 atom stereocenters. The molecule has 1 aromatic carbocycles. The van der Waals surface area contributed by atoms with Crippen LogP contribution in [0.15, 0.2) is 42.0 Å².